The molecule has 0 aromatic heterocycles. The molecule has 0 heterocycles. The zero-order chi connectivity index (χ0) is 10.6. The normalized spacial score (nSPS) is 12.9. The molecule has 1 aromatic rings. The van der Waals surface area contributed by atoms with Gasteiger partial charge in [-0.25, -0.2) is 0 Å². The van der Waals surface area contributed by atoms with Crippen molar-refractivity contribution in [3.63, 3.8) is 0 Å². The highest BCUT2D eigenvalue weighted by Gasteiger charge is 1.99. The maximum Gasteiger partial charge on any atom is 0.0208 e. The van der Waals surface area contributed by atoms with Crippen LogP contribution in [0.15, 0.2) is 22.7 Å². The van der Waals surface area contributed by atoms with E-state index >= 15 is 0 Å². The average Bonchev–Trinajstić information content (AvgIpc) is 2.12. The lowest BCUT2D eigenvalue weighted by atomic mass is 10.1. The van der Waals surface area contributed by atoms with E-state index in [1.54, 1.807) is 0 Å². The summed E-state index contributed by atoms with van der Waals surface area (Å²) >= 11 is 3.51. The van der Waals surface area contributed by atoms with Gasteiger partial charge >= 0.3 is 0 Å². The Kier molecular flexibility index (Phi) is 4.63. The molecule has 1 unspecified atom stereocenters. The van der Waals surface area contributed by atoms with Crippen LogP contribution >= 0.6 is 15.9 Å². The Morgan fingerprint density at radius 1 is 1.36 bits per heavy atom. The molecule has 14 heavy (non-hydrogen) atoms. The summed E-state index contributed by atoms with van der Waals surface area (Å²) in [6, 6.07) is 7.12. The molecule has 1 aromatic carbocycles. The number of hydrogen-bond acceptors (Lipinski definition) is 1. The van der Waals surface area contributed by atoms with Crippen molar-refractivity contribution in [1.82, 2.24) is 5.32 Å². The van der Waals surface area contributed by atoms with E-state index in [-0.39, 0.29) is 0 Å². The van der Waals surface area contributed by atoms with Gasteiger partial charge in [-0.2, -0.15) is 0 Å². The van der Waals surface area contributed by atoms with Crippen molar-refractivity contribution in [1.29, 1.82) is 0 Å². The minimum Gasteiger partial charge on any atom is -0.310 e. The largest absolute Gasteiger partial charge is 0.310 e. The number of nitrogens with one attached hydrogen (secondary N) is 1. The van der Waals surface area contributed by atoms with Crippen molar-refractivity contribution >= 4 is 15.9 Å². The van der Waals surface area contributed by atoms with E-state index in [9.17, 15) is 0 Å². The molecular formula is C12H18BrN. The first-order valence-corrected chi connectivity index (χ1v) is 5.90. The Labute approximate surface area is 95.0 Å². The molecule has 78 valence electrons. The molecule has 0 spiro atoms. The molecule has 0 bridgehead atoms. The summed E-state index contributed by atoms with van der Waals surface area (Å²) < 4.78 is 1.17. The van der Waals surface area contributed by atoms with Crippen molar-refractivity contribution in [2.75, 3.05) is 0 Å². The van der Waals surface area contributed by atoms with Gasteiger partial charge in [-0.15, -0.1) is 0 Å². The van der Waals surface area contributed by atoms with Crippen LogP contribution < -0.4 is 5.32 Å². The number of halogens is 1. The van der Waals surface area contributed by atoms with E-state index in [0.29, 0.717) is 6.04 Å². The molecule has 1 N–H and O–H groups in total. The van der Waals surface area contributed by atoms with Crippen molar-refractivity contribution in [3.05, 3.63) is 33.8 Å². The third-order valence-electron chi connectivity index (χ3n) is 2.37. The highest BCUT2D eigenvalue weighted by Crippen LogP contribution is 2.15. The first-order valence-electron chi connectivity index (χ1n) is 5.11. The fraction of sp³-hybridized carbons (Fsp3) is 0.500. The van der Waals surface area contributed by atoms with Crippen LogP contribution in [0.3, 0.4) is 0 Å². The number of aryl methyl sites for hydroxylation is 1. The second-order valence-electron chi connectivity index (χ2n) is 3.83. The van der Waals surface area contributed by atoms with Gasteiger partial charge in [-0.3, -0.25) is 0 Å². The third-order valence-corrected chi connectivity index (χ3v) is 2.83. The number of hydrogen-bond donors (Lipinski definition) is 1. The minimum atomic E-state index is 0.592. The summed E-state index contributed by atoms with van der Waals surface area (Å²) in [5, 5.41) is 3.48. The molecular weight excluding hydrogens is 238 g/mol. The lowest BCUT2D eigenvalue weighted by Gasteiger charge is -2.11. The molecule has 0 aliphatic carbocycles. The summed E-state index contributed by atoms with van der Waals surface area (Å²) in [5.41, 5.74) is 2.65. The summed E-state index contributed by atoms with van der Waals surface area (Å²) in [5.74, 6) is 0. The molecule has 0 saturated carbocycles. The van der Waals surface area contributed by atoms with Gasteiger partial charge in [-0.1, -0.05) is 28.9 Å². The highest BCUT2D eigenvalue weighted by molar-refractivity contribution is 9.10. The van der Waals surface area contributed by atoms with E-state index in [1.165, 1.54) is 22.0 Å². The van der Waals surface area contributed by atoms with Crippen LogP contribution in [-0.2, 0) is 6.54 Å². The van der Waals surface area contributed by atoms with Crippen LogP contribution in [0.25, 0.3) is 0 Å². The standard InChI is InChI=1S/C12H18BrN/c1-4-10(3)14-8-11-5-9(2)6-12(13)7-11/h5-7,10,14H,4,8H2,1-3H3. The molecule has 1 atom stereocenters. The molecule has 0 amide bonds. The summed E-state index contributed by atoms with van der Waals surface area (Å²) in [6.07, 6.45) is 1.17. The van der Waals surface area contributed by atoms with Crippen LogP contribution in [-0.4, -0.2) is 6.04 Å². The second kappa shape index (κ2) is 5.52. The smallest absolute Gasteiger partial charge is 0.0208 e. The van der Waals surface area contributed by atoms with Crippen molar-refractivity contribution in [2.45, 2.75) is 39.8 Å². The first-order chi connectivity index (χ1) is 6.61. The number of rotatable bonds is 4. The van der Waals surface area contributed by atoms with Crippen molar-refractivity contribution < 1.29 is 0 Å². The molecule has 0 radical (unpaired) electrons. The molecule has 0 aliphatic heterocycles. The van der Waals surface area contributed by atoms with Crippen LogP contribution in [0.4, 0.5) is 0 Å². The van der Waals surface area contributed by atoms with Crippen molar-refractivity contribution in [3.8, 4) is 0 Å². The fourth-order valence-corrected chi connectivity index (χ4v) is 2.01. The lowest BCUT2D eigenvalue weighted by Crippen LogP contribution is -2.24. The Morgan fingerprint density at radius 3 is 2.64 bits per heavy atom. The van der Waals surface area contributed by atoms with Crippen LogP contribution in [0.2, 0.25) is 0 Å². The van der Waals surface area contributed by atoms with E-state index in [0.717, 1.165) is 6.54 Å². The van der Waals surface area contributed by atoms with Crippen LogP contribution in [0, 0.1) is 6.92 Å². The maximum absolute atomic E-state index is 3.51. The molecule has 0 fully saturated rings. The second-order valence-corrected chi connectivity index (χ2v) is 4.74. The molecule has 1 nitrogen and oxygen atoms in total. The quantitative estimate of drug-likeness (QED) is 0.867. The maximum atomic E-state index is 3.51. The van der Waals surface area contributed by atoms with Gasteiger partial charge in [0.2, 0.25) is 0 Å². The fourth-order valence-electron chi connectivity index (χ4n) is 1.35. The Balaban J connectivity index is 2.58. The van der Waals surface area contributed by atoms with Crippen molar-refractivity contribution in [2.24, 2.45) is 0 Å². The molecule has 1 rings (SSSR count). The molecule has 2 heteroatoms. The zero-order valence-electron chi connectivity index (χ0n) is 9.10. The Bertz CT molecular complexity index is 276. The number of benzene rings is 1. The summed E-state index contributed by atoms with van der Waals surface area (Å²) in [6.45, 7) is 7.49. The SMILES string of the molecule is CCC(C)NCc1cc(C)cc(Br)c1. The van der Waals surface area contributed by atoms with Crippen LogP contribution in [0.1, 0.15) is 31.4 Å². The monoisotopic (exact) mass is 255 g/mol. The average molecular weight is 256 g/mol. The van der Waals surface area contributed by atoms with Gasteiger partial charge in [0.05, 0.1) is 0 Å². The third kappa shape index (κ3) is 3.81. The first kappa shape index (κ1) is 11.7. The predicted octanol–water partition coefficient (Wildman–Crippen LogP) is 3.65. The van der Waals surface area contributed by atoms with Gasteiger partial charge in [0, 0.05) is 17.1 Å². The van der Waals surface area contributed by atoms with E-state index in [4.69, 9.17) is 0 Å². The Morgan fingerprint density at radius 2 is 2.07 bits per heavy atom. The minimum absolute atomic E-state index is 0.592. The summed E-state index contributed by atoms with van der Waals surface area (Å²) in [7, 11) is 0. The predicted molar refractivity (Wildman–Crippen MR) is 65.5 cm³/mol. The Hall–Kier alpha value is -0.340. The molecule has 0 aliphatic rings. The summed E-state index contributed by atoms with van der Waals surface area (Å²) in [4.78, 5) is 0. The highest BCUT2D eigenvalue weighted by atomic mass is 79.9. The topological polar surface area (TPSA) is 12.0 Å². The van der Waals surface area contributed by atoms with Gasteiger partial charge in [-0.05, 0) is 43.5 Å². The van der Waals surface area contributed by atoms with Gasteiger partial charge in [0.1, 0.15) is 0 Å². The van der Waals surface area contributed by atoms with Crippen LogP contribution in [0.5, 0.6) is 0 Å². The molecule has 0 saturated heterocycles. The van der Waals surface area contributed by atoms with E-state index < -0.39 is 0 Å². The zero-order valence-corrected chi connectivity index (χ0v) is 10.7. The van der Waals surface area contributed by atoms with Gasteiger partial charge < -0.3 is 5.32 Å². The van der Waals surface area contributed by atoms with Gasteiger partial charge in [0.15, 0.2) is 0 Å². The van der Waals surface area contributed by atoms with Gasteiger partial charge in [0.25, 0.3) is 0 Å². The van der Waals surface area contributed by atoms with E-state index in [1.807, 2.05) is 0 Å². The van der Waals surface area contributed by atoms with E-state index in [2.05, 4.69) is 60.2 Å². The lowest BCUT2D eigenvalue weighted by molar-refractivity contribution is 0.534.